The summed E-state index contributed by atoms with van der Waals surface area (Å²) in [4.78, 5) is 12.0. The lowest BCUT2D eigenvalue weighted by Gasteiger charge is -2.18. The van der Waals surface area contributed by atoms with E-state index in [9.17, 15) is 4.79 Å². The van der Waals surface area contributed by atoms with E-state index in [1.54, 1.807) is 13.2 Å². The Labute approximate surface area is 189 Å². The normalized spacial score (nSPS) is 14.2. The van der Waals surface area contributed by atoms with E-state index in [-0.39, 0.29) is 12.1 Å². The lowest BCUT2D eigenvalue weighted by molar-refractivity contribution is 0.0600. The van der Waals surface area contributed by atoms with E-state index >= 15 is 0 Å². The highest BCUT2D eigenvalue weighted by atomic mass is 16.5. The number of methoxy groups -OCH3 is 2. The van der Waals surface area contributed by atoms with Crippen LogP contribution in [-0.4, -0.2) is 26.3 Å². The quantitative estimate of drug-likeness (QED) is 0.323. The molecule has 0 bridgehead atoms. The van der Waals surface area contributed by atoms with E-state index in [1.165, 1.54) is 20.0 Å². The first-order chi connectivity index (χ1) is 15.7. The minimum Gasteiger partial charge on any atom is -0.493 e. The highest BCUT2D eigenvalue weighted by Gasteiger charge is 2.19. The summed E-state index contributed by atoms with van der Waals surface area (Å²) in [5, 5.41) is 0. The van der Waals surface area contributed by atoms with Crippen molar-refractivity contribution in [3.63, 3.8) is 0 Å². The first kappa shape index (κ1) is 21.7. The van der Waals surface area contributed by atoms with E-state index < -0.39 is 0 Å². The second-order valence-electron chi connectivity index (χ2n) is 7.93. The van der Waals surface area contributed by atoms with Gasteiger partial charge in [-0.3, -0.25) is 0 Å². The van der Waals surface area contributed by atoms with Crippen molar-refractivity contribution in [1.82, 2.24) is 0 Å². The molecule has 0 amide bonds. The van der Waals surface area contributed by atoms with Crippen molar-refractivity contribution >= 4 is 17.6 Å². The summed E-state index contributed by atoms with van der Waals surface area (Å²) in [7, 11) is 3.06. The Balaban J connectivity index is 1.78. The number of carbonyl (C=O) groups is 1. The number of esters is 1. The third-order valence-electron chi connectivity index (χ3n) is 5.77. The van der Waals surface area contributed by atoms with E-state index in [0.29, 0.717) is 5.56 Å². The number of hydrogen-bond donors (Lipinski definition) is 0. The number of carbonyl (C=O) groups excluding carboxylic acids is 1. The first-order valence-corrected chi connectivity index (χ1v) is 11.0. The highest BCUT2D eigenvalue weighted by molar-refractivity contribution is 5.94. The fraction of sp³-hybridized carbons (Fsp3) is 0.250. The zero-order valence-electron chi connectivity index (χ0n) is 18.5. The van der Waals surface area contributed by atoms with Crippen LogP contribution in [0.15, 0.2) is 72.8 Å². The predicted molar refractivity (Wildman–Crippen MR) is 127 cm³/mol. The zero-order valence-corrected chi connectivity index (χ0v) is 18.5. The molecule has 4 heteroatoms. The second kappa shape index (κ2) is 10.2. The first-order valence-electron chi connectivity index (χ1n) is 11.0. The maximum absolute atomic E-state index is 12.0. The molecule has 0 aromatic heterocycles. The molecule has 32 heavy (non-hydrogen) atoms. The van der Waals surface area contributed by atoms with Crippen LogP contribution in [-0.2, 0) is 4.74 Å². The van der Waals surface area contributed by atoms with Gasteiger partial charge in [0.15, 0.2) is 11.5 Å². The van der Waals surface area contributed by atoms with Gasteiger partial charge in [0.1, 0.15) is 0 Å². The lowest BCUT2D eigenvalue weighted by atomic mass is 9.95. The molecule has 0 radical (unpaired) electrons. The summed E-state index contributed by atoms with van der Waals surface area (Å²) in [6.45, 7) is 0. The molecule has 1 aliphatic rings. The van der Waals surface area contributed by atoms with Crippen molar-refractivity contribution < 1.29 is 19.0 Å². The topological polar surface area (TPSA) is 44.8 Å². The Bertz CT molecular complexity index is 1100. The van der Waals surface area contributed by atoms with Crippen LogP contribution in [0.1, 0.15) is 52.7 Å². The van der Waals surface area contributed by atoms with Crippen molar-refractivity contribution in [3.8, 4) is 11.5 Å². The zero-order chi connectivity index (χ0) is 22.3. The van der Waals surface area contributed by atoms with Crippen LogP contribution in [0.4, 0.5) is 0 Å². The van der Waals surface area contributed by atoms with Crippen LogP contribution in [0, 0.1) is 0 Å². The molecule has 0 N–H and O–H groups in total. The smallest absolute Gasteiger partial charge is 0.337 e. The summed E-state index contributed by atoms with van der Waals surface area (Å²) in [5.41, 5.74) is 4.57. The molecule has 0 aliphatic heterocycles. The van der Waals surface area contributed by atoms with Crippen LogP contribution >= 0.6 is 0 Å². The molecule has 4 rings (SSSR count). The maximum atomic E-state index is 12.0. The van der Waals surface area contributed by atoms with Gasteiger partial charge in [-0.25, -0.2) is 4.79 Å². The average molecular weight is 429 g/mol. The number of hydrogen-bond acceptors (Lipinski definition) is 4. The Morgan fingerprint density at radius 2 is 1.56 bits per heavy atom. The third kappa shape index (κ3) is 5.02. The molecule has 1 aliphatic carbocycles. The van der Waals surface area contributed by atoms with Crippen LogP contribution in [0.3, 0.4) is 0 Å². The van der Waals surface area contributed by atoms with Gasteiger partial charge in [-0.1, -0.05) is 48.5 Å². The van der Waals surface area contributed by atoms with Gasteiger partial charge in [-0.15, -0.1) is 0 Å². The van der Waals surface area contributed by atoms with Crippen LogP contribution < -0.4 is 9.47 Å². The number of ether oxygens (including phenoxy) is 3. The van der Waals surface area contributed by atoms with Gasteiger partial charge >= 0.3 is 5.97 Å². The molecular formula is C28H28O4. The summed E-state index contributed by atoms with van der Waals surface area (Å²) < 4.78 is 16.8. The van der Waals surface area contributed by atoms with Crippen LogP contribution in [0.2, 0.25) is 0 Å². The molecule has 164 valence electrons. The van der Waals surface area contributed by atoms with Gasteiger partial charge in [0, 0.05) is 0 Å². The van der Waals surface area contributed by atoms with Crippen molar-refractivity contribution in [1.29, 1.82) is 0 Å². The summed E-state index contributed by atoms with van der Waals surface area (Å²) in [6.07, 6.45) is 6.89. The van der Waals surface area contributed by atoms with Crippen molar-refractivity contribution in [2.45, 2.75) is 31.8 Å². The van der Waals surface area contributed by atoms with Gasteiger partial charge in [0.2, 0.25) is 0 Å². The summed E-state index contributed by atoms with van der Waals surface area (Å²) in [5.74, 6) is 1.15. The third-order valence-corrected chi connectivity index (χ3v) is 5.77. The highest BCUT2D eigenvalue weighted by Crippen LogP contribution is 2.36. The average Bonchev–Trinajstić information content (AvgIpc) is 3.36. The van der Waals surface area contributed by atoms with Gasteiger partial charge < -0.3 is 14.2 Å². The van der Waals surface area contributed by atoms with Crippen molar-refractivity contribution in [2.75, 3.05) is 14.2 Å². The van der Waals surface area contributed by atoms with E-state index in [1.807, 2.05) is 48.5 Å². The molecule has 0 unspecified atom stereocenters. The van der Waals surface area contributed by atoms with E-state index in [2.05, 4.69) is 24.3 Å². The monoisotopic (exact) mass is 428 g/mol. The number of rotatable bonds is 7. The van der Waals surface area contributed by atoms with Gasteiger partial charge in [0.25, 0.3) is 0 Å². The Morgan fingerprint density at radius 3 is 2.28 bits per heavy atom. The minimum atomic E-state index is -0.349. The van der Waals surface area contributed by atoms with Gasteiger partial charge in [0.05, 0.1) is 25.9 Å². The SMILES string of the molecule is COC(=O)c1cccc(C=C(c2ccccc2)c2ccc(OC)c(OC3CCCC3)c2)c1. The van der Waals surface area contributed by atoms with Crippen LogP contribution in [0.5, 0.6) is 11.5 Å². The maximum Gasteiger partial charge on any atom is 0.337 e. The fourth-order valence-electron chi connectivity index (χ4n) is 4.11. The van der Waals surface area contributed by atoms with Gasteiger partial charge in [-0.05, 0) is 78.3 Å². The second-order valence-corrected chi connectivity index (χ2v) is 7.93. The summed E-state index contributed by atoms with van der Waals surface area (Å²) >= 11 is 0. The lowest BCUT2D eigenvalue weighted by Crippen LogP contribution is -2.11. The predicted octanol–water partition coefficient (Wildman–Crippen LogP) is 6.39. The molecule has 1 fully saturated rings. The standard InChI is InChI=1S/C28H28O4/c1-30-26-16-15-22(19-27(26)32-24-13-6-7-14-24)25(21-10-4-3-5-11-21)18-20-9-8-12-23(17-20)28(29)31-2/h3-5,8-12,15-19,24H,6-7,13-14H2,1-2H3. The Morgan fingerprint density at radius 1 is 0.812 bits per heavy atom. The van der Waals surface area contributed by atoms with Crippen molar-refractivity contribution in [2.24, 2.45) is 0 Å². The molecule has 0 spiro atoms. The molecular weight excluding hydrogens is 400 g/mol. The van der Waals surface area contributed by atoms with E-state index in [4.69, 9.17) is 14.2 Å². The molecule has 0 heterocycles. The molecule has 0 atom stereocenters. The molecule has 4 nitrogen and oxygen atoms in total. The Hall–Kier alpha value is -3.53. The van der Waals surface area contributed by atoms with Gasteiger partial charge in [-0.2, -0.15) is 0 Å². The number of benzene rings is 3. The molecule has 3 aromatic carbocycles. The minimum absolute atomic E-state index is 0.236. The molecule has 0 saturated heterocycles. The molecule has 3 aromatic rings. The van der Waals surface area contributed by atoms with E-state index in [0.717, 1.165) is 46.6 Å². The largest absolute Gasteiger partial charge is 0.493 e. The fourth-order valence-corrected chi connectivity index (χ4v) is 4.11. The van der Waals surface area contributed by atoms with Crippen LogP contribution in [0.25, 0.3) is 11.6 Å². The summed E-state index contributed by atoms with van der Waals surface area (Å²) in [6, 6.07) is 23.7. The Kier molecular flexibility index (Phi) is 6.90. The van der Waals surface area contributed by atoms with Crippen molar-refractivity contribution in [3.05, 3.63) is 95.1 Å². The molecule has 1 saturated carbocycles.